The predicted octanol–water partition coefficient (Wildman–Crippen LogP) is 11.5. The van der Waals surface area contributed by atoms with E-state index in [4.69, 9.17) is 0 Å². The lowest BCUT2D eigenvalue weighted by atomic mass is 9.73. The van der Waals surface area contributed by atoms with Gasteiger partial charge in [-0.2, -0.15) is 0 Å². The van der Waals surface area contributed by atoms with Crippen LogP contribution in [0.5, 0.6) is 0 Å². The number of hydrogen-bond donors (Lipinski definition) is 0. The Morgan fingerprint density at radius 1 is 0.800 bits per heavy atom. The van der Waals surface area contributed by atoms with Crippen molar-refractivity contribution in [3.63, 3.8) is 0 Å². The highest BCUT2D eigenvalue weighted by molar-refractivity contribution is 7.20. The van der Waals surface area contributed by atoms with Crippen molar-refractivity contribution in [3.05, 3.63) is 155 Å². The van der Waals surface area contributed by atoms with Crippen molar-refractivity contribution in [2.24, 2.45) is 5.92 Å². The maximum Gasteiger partial charge on any atom is 0.0559 e. The Labute approximate surface area is 270 Å². The van der Waals surface area contributed by atoms with Crippen LogP contribution < -0.4 is 4.90 Å². The monoisotopic (exact) mass is 599 g/mol. The maximum atomic E-state index is 2.59. The summed E-state index contributed by atoms with van der Waals surface area (Å²) in [6.07, 6.45) is 24.5. The molecule has 4 aliphatic carbocycles. The summed E-state index contributed by atoms with van der Waals surface area (Å²) in [4.78, 5) is 4.01. The Morgan fingerprint density at radius 3 is 2.53 bits per heavy atom. The van der Waals surface area contributed by atoms with Gasteiger partial charge in [0.05, 0.1) is 6.04 Å². The van der Waals surface area contributed by atoms with Crippen LogP contribution >= 0.6 is 11.3 Å². The molecule has 2 heteroatoms. The molecule has 0 N–H and O–H groups in total. The first kappa shape index (κ1) is 27.0. The minimum atomic E-state index is 0.0302. The Balaban J connectivity index is 1.11. The molecule has 3 atom stereocenters. The lowest BCUT2D eigenvalue weighted by molar-refractivity contribution is 0.393. The van der Waals surface area contributed by atoms with Crippen LogP contribution in [0.1, 0.15) is 54.2 Å². The van der Waals surface area contributed by atoms with Gasteiger partial charge < -0.3 is 4.90 Å². The molecular formula is C43H37NS. The molecule has 0 radical (unpaired) electrons. The van der Waals surface area contributed by atoms with Crippen molar-refractivity contribution in [3.8, 4) is 11.1 Å². The summed E-state index contributed by atoms with van der Waals surface area (Å²) in [6, 6.07) is 30.1. The molecule has 3 unspecified atom stereocenters. The lowest BCUT2D eigenvalue weighted by Crippen LogP contribution is -2.35. The number of nitrogens with zero attached hydrogens (tertiary/aromatic N) is 1. The SMILES string of the molecule is CC1(C)c2c(ccc3ccccc23)C2C=CC(N(c3ccc(-c4cccc5c6c(sc45)C=CCC6)cc3)C3C=CC=CC3)=CC21. The van der Waals surface area contributed by atoms with E-state index in [1.807, 2.05) is 11.3 Å². The van der Waals surface area contributed by atoms with Crippen molar-refractivity contribution in [2.45, 2.75) is 50.5 Å². The molecule has 0 bridgehead atoms. The van der Waals surface area contributed by atoms with Crippen molar-refractivity contribution in [1.82, 2.24) is 0 Å². The van der Waals surface area contributed by atoms with Crippen LogP contribution in [0.3, 0.4) is 0 Å². The van der Waals surface area contributed by atoms with Gasteiger partial charge in [-0.05, 0) is 98.9 Å². The number of anilines is 1. The third-order valence-corrected chi connectivity index (χ3v) is 12.0. The molecule has 5 aromatic rings. The topological polar surface area (TPSA) is 3.24 Å². The van der Waals surface area contributed by atoms with E-state index < -0.39 is 0 Å². The molecule has 4 aliphatic rings. The highest BCUT2D eigenvalue weighted by atomic mass is 32.1. The van der Waals surface area contributed by atoms with Gasteiger partial charge in [-0.3, -0.25) is 0 Å². The average Bonchev–Trinajstić information content (AvgIpc) is 3.58. The van der Waals surface area contributed by atoms with E-state index >= 15 is 0 Å². The highest BCUT2D eigenvalue weighted by Gasteiger charge is 2.46. The third kappa shape index (κ3) is 4.19. The molecule has 4 aromatic carbocycles. The van der Waals surface area contributed by atoms with Crippen molar-refractivity contribution >= 4 is 44.0 Å². The fraction of sp³-hybridized carbons (Fsp3) is 0.209. The molecule has 1 heterocycles. The second-order valence-corrected chi connectivity index (χ2v) is 14.6. The summed E-state index contributed by atoms with van der Waals surface area (Å²) < 4.78 is 1.42. The quantitative estimate of drug-likeness (QED) is 0.199. The number of fused-ring (bicyclic) bond motifs is 8. The molecular weight excluding hydrogens is 563 g/mol. The third-order valence-electron chi connectivity index (χ3n) is 10.7. The van der Waals surface area contributed by atoms with Crippen LogP contribution in [0.25, 0.3) is 38.1 Å². The highest BCUT2D eigenvalue weighted by Crippen LogP contribution is 2.56. The smallest absolute Gasteiger partial charge is 0.0559 e. The summed E-state index contributed by atoms with van der Waals surface area (Å²) in [6.45, 7) is 4.91. The van der Waals surface area contributed by atoms with Crippen LogP contribution in [0, 0.1) is 5.92 Å². The first-order valence-corrected chi connectivity index (χ1v) is 17.3. The fourth-order valence-corrected chi connectivity index (χ4v) is 9.87. The van der Waals surface area contributed by atoms with E-state index in [0.717, 1.165) is 19.3 Å². The summed E-state index contributed by atoms with van der Waals surface area (Å²) in [5, 5.41) is 4.18. The Kier molecular flexibility index (Phi) is 6.18. The fourth-order valence-electron chi connectivity index (χ4n) is 8.55. The number of thiophene rings is 1. The van der Waals surface area contributed by atoms with E-state index in [1.165, 1.54) is 64.9 Å². The van der Waals surface area contributed by atoms with E-state index in [1.54, 1.807) is 0 Å². The molecule has 0 aliphatic heterocycles. The average molecular weight is 600 g/mol. The van der Waals surface area contributed by atoms with Crippen LogP contribution in [-0.2, 0) is 11.8 Å². The van der Waals surface area contributed by atoms with Gasteiger partial charge in [-0.1, -0.05) is 123 Å². The number of benzene rings is 4. The van der Waals surface area contributed by atoms with Gasteiger partial charge in [-0.25, -0.2) is 0 Å². The van der Waals surface area contributed by atoms with E-state index in [0.29, 0.717) is 11.8 Å². The maximum absolute atomic E-state index is 2.59. The standard InChI is InChI=1S/C43H37NS/c1-43(2)39-27-32(24-26-35(39)37-25-21-28-11-6-7-14-33(28)41(37)43)44(30-12-4-3-5-13-30)31-22-19-29(20-23-31)34-16-10-17-38-36-15-8-9-18-40(36)45-42(34)38/h3-7,9-12,14,16-27,30,35,39H,8,13,15H2,1-2H3. The summed E-state index contributed by atoms with van der Waals surface area (Å²) in [5.41, 5.74) is 9.76. The van der Waals surface area contributed by atoms with E-state index in [-0.39, 0.29) is 11.5 Å². The second-order valence-electron chi connectivity index (χ2n) is 13.6. The number of hydrogen-bond acceptors (Lipinski definition) is 2. The first-order chi connectivity index (χ1) is 22.1. The number of rotatable bonds is 4. The molecule has 220 valence electrons. The van der Waals surface area contributed by atoms with Gasteiger partial charge in [0.1, 0.15) is 0 Å². The van der Waals surface area contributed by atoms with Crippen molar-refractivity contribution in [2.75, 3.05) is 4.90 Å². The molecule has 1 aromatic heterocycles. The molecule has 0 amide bonds. The van der Waals surface area contributed by atoms with Gasteiger partial charge in [0.25, 0.3) is 0 Å². The molecule has 1 nitrogen and oxygen atoms in total. The molecule has 0 fully saturated rings. The Morgan fingerprint density at radius 2 is 1.67 bits per heavy atom. The largest absolute Gasteiger partial charge is 0.335 e. The Hall–Kier alpha value is -4.40. The molecule has 0 saturated heterocycles. The normalized spacial score (nSPS) is 22.4. The summed E-state index contributed by atoms with van der Waals surface area (Å²) >= 11 is 1.95. The van der Waals surface area contributed by atoms with E-state index in [9.17, 15) is 0 Å². The summed E-state index contributed by atoms with van der Waals surface area (Å²) in [7, 11) is 0. The second kappa shape index (κ2) is 10.3. The first-order valence-electron chi connectivity index (χ1n) is 16.4. The minimum Gasteiger partial charge on any atom is -0.335 e. The molecule has 45 heavy (non-hydrogen) atoms. The molecule has 0 saturated carbocycles. The zero-order valence-corrected chi connectivity index (χ0v) is 26.7. The zero-order chi connectivity index (χ0) is 30.1. The number of allylic oxidation sites excluding steroid dienone is 6. The predicted molar refractivity (Wildman–Crippen MR) is 194 cm³/mol. The van der Waals surface area contributed by atoms with Crippen molar-refractivity contribution in [1.29, 1.82) is 0 Å². The Bertz CT molecular complexity index is 2130. The molecule has 9 rings (SSSR count). The van der Waals surface area contributed by atoms with Gasteiger partial charge in [0.2, 0.25) is 0 Å². The van der Waals surface area contributed by atoms with Crippen molar-refractivity contribution < 1.29 is 0 Å². The van der Waals surface area contributed by atoms with Crippen LogP contribution in [0.4, 0.5) is 5.69 Å². The molecule has 0 spiro atoms. The van der Waals surface area contributed by atoms with Gasteiger partial charge in [0.15, 0.2) is 0 Å². The van der Waals surface area contributed by atoms with Crippen LogP contribution in [0.15, 0.2) is 133 Å². The van der Waals surface area contributed by atoms with Gasteiger partial charge in [-0.15, -0.1) is 11.3 Å². The van der Waals surface area contributed by atoms with Gasteiger partial charge in [0, 0.05) is 26.9 Å². The zero-order valence-electron chi connectivity index (χ0n) is 25.9. The lowest BCUT2D eigenvalue weighted by Gasteiger charge is -2.38. The van der Waals surface area contributed by atoms with E-state index in [2.05, 4.69) is 152 Å². The van der Waals surface area contributed by atoms with Gasteiger partial charge >= 0.3 is 0 Å². The summed E-state index contributed by atoms with van der Waals surface area (Å²) in [5.74, 6) is 0.807. The minimum absolute atomic E-state index is 0.0302. The number of aryl methyl sites for hydroxylation is 1. The van der Waals surface area contributed by atoms with Crippen LogP contribution in [-0.4, -0.2) is 6.04 Å². The van der Waals surface area contributed by atoms with Crippen LogP contribution in [0.2, 0.25) is 0 Å².